The van der Waals surface area contributed by atoms with Crippen LogP contribution in [0, 0.1) is 11.3 Å². The average Bonchev–Trinajstić information content (AvgIpc) is 1.60. The van der Waals surface area contributed by atoms with Crippen LogP contribution in [-0.4, -0.2) is 13.1 Å². The van der Waals surface area contributed by atoms with Crippen molar-refractivity contribution in [3.63, 3.8) is 0 Å². The minimum atomic E-state index is 0.378. The molecule has 0 spiro atoms. The molecule has 0 aromatic rings. The van der Waals surface area contributed by atoms with Crippen molar-refractivity contribution in [3.8, 4) is 0 Å². The lowest BCUT2D eigenvalue weighted by Crippen LogP contribution is -2.42. The zero-order valence-corrected chi connectivity index (χ0v) is 8.15. The zero-order chi connectivity index (χ0) is 8.36. The van der Waals surface area contributed by atoms with Crippen molar-refractivity contribution in [3.05, 3.63) is 0 Å². The second-order valence-electron chi connectivity index (χ2n) is 4.38. The van der Waals surface area contributed by atoms with Crippen LogP contribution in [0.4, 0.5) is 0 Å². The van der Waals surface area contributed by atoms with Gasteiger partial charge in [0.25, 0.3) is 0 Å². The van der Waals surface area contributed by atoms with E-state index in [0.717, 1.165) is 0 Å². The third-order valence-electron chi connectivity index (χ3n) is 1.91. The van der Waals surface area contributed by atoms with Gasteiger partial charge in [0.05, 0.1) is 0 Å². The third-order valence-corrected chi connectivity index (χ3v) is 1.91. The van der Waals surface area contributed by atoms with Gasteiger partial charge in [-0.05, 0) is 18.4 Å². The van der Waals surface area contributed by atoms with Gasteiger partial charge < -0.3 is 5.32 Å². The summed E-state index contributed by atoms with van der Waals surface area (Å²) in [5.41, 5.74) is 0.378. The number of hydrogen-bond acceptors (Lipinski definition) is 1. The smallest absolute Gasteiger partial charge is 0.0136 e. The van der Waals surface area contributed by atoms with Crippen LogP contribution < -0.4 is 5.32 Å². The molecule has 0 rings (SSSR count). The maximum Gasteiger partial charge on any atom is 0.0136 e. The van der Waals surface area contributed by atoms with Gasteiger partial charge in [-0.3, -0.25) is 0 Å². The summed E-state index contributed by atoms with van der Waals surface area (Å²) in [4.78, 5) is 0. The molecule has 1 nitrogen and oxygen atoms in total. The summed E-state index contributed by atoms with van der Waals surface area (Å²) < 4.78 is 0. The van der Waals surface area contributed by atoms with E-state index < -0.39 is 0 Å². The first-order valence-corrected chi connectivity index (χ1v) is 4.07. The number of hydrogen-bond donors (Lipinski definition) is 1. The molecule has 0 saturated heterocycles. The van der Waals surface area contributed by atoms with Crippen molar-refractivity contribution >= 4 is 0 Å². The van der Waals surface area contributed by atoms with Gasteiger partial charge in [-0.15, -0.1) is 0 Å². The Morgan fingerprint density at radius 1 is 1.10 bits per heavy atom. The lowest BCUT2D eigenvalue weighted by atomic mass is 9.80. The van der Waals surface area contributed by atoms with Gasteiger partial charge in [-0.25, -0.2) is 0 Å². The van der Waals surface area contributed by atoms with E-state index in [4.69, 9.17) is 0 Å². The highest BCUT2D eigenvalue weighted by molar-refractivity contribution is 4.81. The van der Waals surface area contributed by atoms with E-state index in [1.54, 1.807) is 0 Å². The number of nitrogens with one attached hydrogen (secondary N) is 1. The normalized spacial score (nSPS) is 15.9. The molecular formula is C9H21N. The van der Waals surface area contributed by atoms with Crippen LogP contribution in [0.5, 0.6) is 0 Å². The quantitative estimate of drug-likeness (QED) is 0.625. The maximum atomic E-state index is 3.34. The summed E-state index contributed by atoms with van der Waals surface area (Å²) in [5, 5.41) is 3.34. The van der Waals surface area contributed by atoms with E-state index in [1.165, 1.54) is 0 Å². The Morgan fingerprint density at radius 2 is 1.50 bits per heavy atom. The fourth-order valence-corrected chi connectivity index (χ4v) is 1.77. The molecule has 0 aliphatic heterocycles. The SMILES string of the molecule is CN[C@@H](C(C)C)C(C)(C)C. The largest absolute Gasteiger partial charge is 0.316 e. The third kappa shape index (κ3) is 2.70. The molecule has 1 atom stereocenters. The van der Waals surface area contributed by atoms with Crippen LogP contribution in [0.2, 0.25) is 0 Å². The summed E-state index contributed by atoms with van der Waals surface area (Å²) in [5.74, 6) is 0.713. The van der Waals surface area contributed by atoms with E-state index in [-0.39, 0.29) is 0 Å². The lowest BCUT2D eigenvalue weighted by Gasteiger charge is -2.33. The van der Waals surface area contributed by atoms with E-state index in [0.29, 0.717) is 17.4 Å². The van der Waals surface area contributed by atoms with Gasteiger partial charge in [0.2, 0.25) is 0 Å². The topological polar surface area (TPSA) is 12.0 Å². The van der Waals surface area contributed by atoms with Gasteiger partial charge in [0, 0.05) is 6.04 Å². The van der Waals surface area contributed by atoms with Gasteiger partial charge in [-0.1, -0.05) is 34.6 Å². The van der Waals surface area contributed by atoms with E-state index in [2.05, 4.69) is 39.9 Å². The highest BCUT2D eigenvalue weighted by Gasteiger charge is 2.25. The second-order valence-corrected chi connectivity index (χ2v) is 4.38. The van der Waals surface area contributed by atoms with Gasteiger partial charge in [-0.2, -0.15) is 0 Å². The molecule has 0 saturated carbocycles. The van der Waals surface area contributed by atoms with Crippen molar-refractivity contribution in [2.45, 2.75) is 40.7 Å². The Hall–Kier alpha value is -0.0400. The zero-order valence-electron chi connectivity index (χ0n) is 8.15. The van der Waals surface area contributed by atoms with E-state index >= 15 is 0 Å². The van der Waals surface area contributed by atoms with Crippen LogP contribution in [0.25, 0.3) is 0 Å². The highest BCUT2D eigenvalue weighted by atomic mass is 14.9. The molecular weight excluding hydrogens is 122 g/mol. The van der Waals surface area contributed by atoms with Crippen molar-refractivity contribution in [2.75, 3.05) is 7.05 Å². The van der Waals surface area contributed by atoms with E-state index in [9.17, 15) is 0 Å². The molecule has 0 aliphatic rings. The molecule has 0 fully saturated rings. The number of rotatable bonds is 2. The summed E-state index contributed by atoms with van der Waals surface area (Å²) in [6, 6.07) is 0.618. The Balaban J connectivity index is 4.07. The fourth-order valence-electron chi connectivity index (χ4n) is 1.77. The summed E-state index contributed by atoms with van der Waals surface area (Å²) >= 11 is 0. The summed E-state index contributed by atoms with van der Waals surface area (Å²) in [6.07, 6.45) is 0. The van der Waals surface area contributed by atoms with Crippen LogP contribution in [0.15, 0.2) is 0 Å². The molecule has 10 heavy (non-hydrogen) atoms. The lowest BCUT2D eigenvalue weighted by molar-refractivity contribution is 0.224. The van der Waals surface area contributed by atoms with Gasteiger partial charge in [0.15, 0.2) is 0 Å². The predicted molar refractivity (Wildman–Crippen MR) is 47.1 cm³/mol. The van der Waals surface area contributed by atoms with Crippen molar-refractivity contribution < 1.29 is 0 Å². The van der Waals surface area contributed by atoms with Crippen LogP contribution >= 0.6 is 0 Å². The molecule has 0 amide bonds. The van der Waals surface area contributed by atoms with Crippen LogP contribution in [-0.2, 0) is 0 Å². The minimum Gasteiger partial charge on any atom is -0.316 e. The summed E-state index contributed by atoms with van der Waals surface area (Å²) in [7, 11) is 2.04. The van der Waals surface area contributed by atoms with Crippen molar-refractivity contribution in [1.82, 2.24) is 5.32 Å². The molecule has 0 bridgehead atoms. The molecule has 0 aromatic heterocycles. The monoisotopic (exact) mass is 143 g/mol. The molecule has 0 radical (unpaired) electrons. The Kier molecular flexibility index (Phi) is 3.37. The predicted octanol–water partition coefficient (Wildman–Crippen LogP) is 2.28. The molecule has 0 heterocycles. The molecule has 1 heteroatoms. The average molecular weight is 143 g/mol. The fraction of sp³-hybridized carbons (Fsp3) is 1.00. The van der Waals surface area contributed by atoms with Crippen molar-refractivity contribution in [2.24, 2.45) is 11.3 Å². The first-order chi connectivity index (χ1) is 4.39. The van der Waals surface area contributed by atoms with Gasteiger partial charge in [0.1, 0.15) is 0 Å². The Morgan fingerprint density at radius 3 is 1.50 bits per heavy atom. The first kappa shape index (κ1) is 9.96. The molecule has 0 aromatic carbocycles. The van der Waals surface area contributed by atoms with Crippen molar-refractivity contribution in [1.29, 1.82) is 0 Å². The standard InChI is InChI=1S/C9H21N/c1-7(2)8(10-6)9(3,4)5/h7-8,10H,1-6H3/t8-/m0/s1. The minimum absolute atomic E-state index is 0.378. The van der Waals surface area contributed by atoms with Gasteiger partial charge >= 0.3 is 0 Å². The van der Waals surface area contributed by atoms with Crippen LogP contribution in [0.1, 0.15) is 34.6 Å². The second kappa shape index (κ2) is 3.38. The first-order valence-electron chi connectivity index (χ1n) is 4.07. The van der Waals surface area contributed by atoms with Crippen LogP contribution in [0.3, 0.4) is 0 Å². The highest BCUT2D eigenvalue weighted by Crippen LogP contribution is 2.24. The summed E-state index contributed by atoms with van der Waals surface area (Å²) in [6.45, 7) is 11.3. The van der Waals surface area contributed by atoms with E-state index in [1.807, 2.05) is 7.05 Å². The Labute approximate surface area is 65.2 Å². The molecule has 1 N–H and O–H groups in total. The molecule has 62 valence electrons. The molecule has 0 unspecified atom stereocenters. The Bertz CT molecular complexity index is 89.4. The molecule has 0 aliphatic carbocycles. The maximum absolute atomic E-state index is 3.34.